The summed E-state index contributed by atoms with van der Waals surface area (Å²) in [7, 11) is 1.80. The van der Waals surface area contributed by atoms with Crippen LogP contribution in [0.3, 0.4) is 0 Å². The molecule has 0 radical (unpaired) electrons. The molecular weight excluding hydrogens is 323 g/mol. The van der Waals surface area contributed by atoms with Crippen LogP contribution in [0.1, 0.15) is 24.7 Å². The number of amides is 1. The third-order valence-electron chi connectivity index (χ3n) is 4.48. The van der Waals surface area contributed by atoms with E-state index in [-0.39, 0.29) is 24.3 Å². The van der Waals surface area contributed by atoms with Crippen LogP contribution in [0.4, 0.5) is 10.1 Å². The maximum atomic E-state index is 13.4. The first kappa shape index (κ1) is 15.8. The van der Waals surface area contributed by atoms with Crippen LogP contribution in [-0.2, 0) is 11.8 Å². The fraction of sp³-hybridized carbons (Fsp3) is 0.353. The molecule has 0 saturated carbocycles. The van der Waals surface area contributed by atoms with Gasteiger partial charge in [-0.3, -0.25) is 14.4 Å². The Hall–Kier alpha value is -2.74. The maximum Gasteiger partial charge on any atom is 0.238 e. The van der Waals surface area contributed by atoms with Crippen LogP contribution >= 0.6 is 0 Å². The summed E-state index contributed by atoms with van der Waals surface area (Å²) in [6, 6.07) is 4.55. The largest absolute Gasteiger partial charge is 0.341 e. The van der Waals surface area contributed by atoms with Crippen molar-refractivity contribution in [1.82, 2.24) is 24.6 Å². The second-order valence-corrected chi connectivity index (χ2v) is 6.36. The number of nitrogens with zero attached hydrogens (tertiary/aromatic N) is 4. The van der Waals surface area contributed by atoms with Gasteiger partial charge in [0, 0.05) is 13.2 Å². The lowest BCUT2D eigenvalue weighted by molar-refractivity contribution is -0.117. The molecule has 1 fully saturated rings. The van der Waals surface area contributed by atoms with Crippen molar-refractivity contribution in [3.05, 3.63) is 42.2 Å². The first-order valence-corrected chi connectivity index (χ1v) is 8.26. The van der Waals surface area contributed by atoms with Crippen LogP contribution in [0.25, 0.3) is 11.0 Å². The molecule has 1 aromatic carbocycles. The Balaban J connectivity index is 1.48. The molecule has 130 valence electrons. The van der Waals surface area contributed by atoms with Crippen molar-refractivity contribution >= 4 is 22.6 Å². The molecule has 8 heteroatoms. The average molecular weight is 342 g/mol. The number of aryl methyl sites for hydroxylation is 1. The van der Waals surface area contributed by atoms with Gasteiger partial charge in [-0.1, -0.05) is 0 Å². The summed E-state index contributed by atoms with van der Waals surface area (Å²) < 4.78 is 15.0. The fourth-order valence-electron chi connectivity index (χ4n) is 3.36. The van der Waals surface area contributed by atoms with Gasteiger partial charge < -0.3 is 10.3 Å². The van der Waals surface area contributed by atoms with Crippen molar-refractivity contribution in [2.75, 3.05) is 18.4 Å². The number of aromatic amines is 1. The molecule has 4 rings (SSSR count). The zero-order valence-electron chi connectivity index (χ0n) is 13.9. The van der Waals surface area contributed by atoms with E-state index in [9.17, 15) is 9.18 Å². The van der Waals surface area contributed by atoms with Crippen LogP contribution in [0, 0.1) is 5.82 Å². The molecule has 3 heterocycles. The first-order chi connectivity index (χ1) is 12.1. The first-order valence-electron chi connectivity index (χ1n) is 8.26. The van der Waals surface area contributed by atoms with E-state index in [4.69, 9.17) is 0 Å². The molecule has 1 atom stereocenters. The topological polar surface area (TPSA) is 78.8 Å². The molecule has 1 aliphatic rings. The standard InChI is InChI=1S/C17H19FN6O/c1-23-9-12(8-19-23)20-16(25)10-24-6-2-3-15(24)17-21-13-5-4-11(18)7-14(13)22-17/h4-5,7-9,15H,2-3,6,10H2,1H3,(H,20,25)(H,21,22)/t15-/m1/s1. The highest BCUT2D eigenvalue weighted by Crippen LogP contribution is 2.31. The molecule has 2 aromatic heterocycles. The molecule has 0 bridgehead atoms. The molecule has 0 unspecified atom stereocenters. The van der Waals surface area contributed by atoms with Gasteiger partial charge in [-0.05, 0) is 37.6 Å². The summed E-state index contributed by atoms with van der Waals surface area (Å²) >= 11 is 0. The van der Waals surface area contributed by atoms with E-state index >= 15 is 0 Å². The van der Waals surface area contributed by atoms with Gasteiger partial charge in [0.15, 0.2) is 0 Å². The Morgan fingerprint density at radius 1 is 1.48 bits per heavy atom. The quantitative estimate of drug-likeness (QED) is 0.762. The van der Waals surface area contributed by atoms with E-state index in [1.54, 1.807) is 30.2 Å². The van der Waals surface area contributed by atoms with Crippen LogP contribution in [0.15, 0.2) is 30.6 Å². The number of hydrogen-bond donors (Lipinski definition) is 2. The van der Waals surface area contributed by atoms with Gasteiger partial charge in [0.25, 0.3) is 0 Å². The number of fused-ring (bicyclic) bond motifs is 1. The number of nitrogens with one attached hydrogen (secondary N) is 2. The molecule has 25 heavy (non-hydrogen) atoms. The van der Waals surface area contributed by atoms with Crippen molar-refractivity contribution in [3.63, 3.8) is 0 Å². The normalized spacial score (nSPS) is 18.1. The predicted octanol–water partition coefficient (Wildman–Crippen LogP) is 2.21. The lowest BCUT2D eigenvalue weighted by atomic mass is 10.2. The van der Waals surface area contributed by atoms with Crippen molar-refractivity contribution in [3.8, 4) is 0 Å². The molecule has 7 nitrogen and oxygen atoms in total. The Morgan fingerprint density at radius 3 is 3.16 bits per heavy atom. The monoisotopic (exact) mass is 342 g/mol. The maximum absolute atomic E-state index is 13.4. The molecule has 1 aliphatic heterocycles. The molecule has 2 N–H and O–H groups in total. The van der Waals surface area contributed by atoms with Gasteiger partial charge in [0.2, 0.25) is 5.91 Å². The molecular formula is C17H19FN6O. The van der Waals surface area contributed by atoms with E-state index in [1.807, 2.05) is 0 Å². The summed E-state index contributed by atoms with van der Waals surface area (Å²) in [5, 5.41) is 6.89. The molecule has 0 spiro atoms. The minimum absolute atomic E-state index is 0.0371. The average Bonchev–Trinajstić information content (AvgIpc) is 3.26. The summed E-state index contributed by atoms with van der Waals surface area (Å²) in [5.41, 5.74) is 2.10. The number of carbonyl (C=O) groups excluding carboxylic acids is 1. The van der Waals surface area contributed by atoms with E-state index in [1.165, 1.54) is 12.1 Å². The molecule has 1 saturated heterocycles. The second-order valence-electron chi connectivity index (χ2n) is 6.36. The summed E-state index contributed by atoms with van der Waals surface area (Å²) in [4.78, 5) is 22.2. The number of halogens is 1. The number of likely N-dealkylation sites (tertiary alicyclic amines) is 1. The fourth-order valence-corrected chi connectivity index (χ4v) is 3.36. The summed E-state index contributed by atoms with van der Waals surface area (Å²) in [5.74, 6) is 0.413. The molecule has 3 aromatic rings. The number of carbonyl (C=O) groups is 1. The minimum atomic E-state index is -0.290. The Kier molecular flexibility index (Phi) is 3.96. The zero-order chi connectivity index (χ0) is 17.4. The van der Waals surface area contributed by atoms with Crippen LogP contribution in [0.5, 0.6) is 0 Å². The van der Waals surface area contributed by atoms with Gasteiger partial charge >= 0.3 is 0 Å². The summed E-state index contributed by atoms with van der Waals surface area (Å²) in [6.07, 6.45) is 5.29. The van der Waals surface area contributed by atoms with E-state index < -0.39 is 0 Å². The van der Waals surface area contributed by atoms with Gasteiger partial charge in [0.05, 0.1) is 35.5 Å². The number of benzene rings is 1. The van der Waals surface area contributed by atoms with Crippen LogP contribution < -0.4 is 5.32 Å². The summed E-state index contributed by atoms with van der Waals surface area (Å²) in [6.45, 7) is 1.11. The van der Waals surface area contributed by atoms with Crippen LogP contribution in [-0.4, -0.2) is 43.6 Å². The van der Waals surface area contributed by atoms with Gasteiger partial charge in [-0.15, -0.1) is 0 Å². The second kappa shape index (κ2) is 6.29. The number of imidazole rings is 1. The highest BCUT2D eigenvalue weighted by Gasteiger charge is 2.30. The number of aromatic nitrogens is 4. The van der Waals surface area contributed by atoms with Crippen molar-refractivity contribution in [1.29, 1.82) is 0 Å². The molecule has 0 aliphatic carbocycles. The number of H-pyrrole nitrogens is 1. The van der Waals surface area contributed by atoms with Gasteiger partial charge in [-0.25, -0.2) is 9.37 Å². The number of rotatable bonds is 4. The molecule has 1 amide bonds. The van der Waals surface area contributed by atoms with Crippen molar-refractivity contribution in [2.24, 2.45) is 7.05 Å². The minimum Gasteiger partial charge on any atom is -0.341 e. The number of hydrogen-bond acceptors (Lipinski definition) is 4. The zero-order valence-corrected chi connectivity index (χ0v) is 13.9. The third-order valence-corrected chi connectivity index (χ3v) is 4.48. The Morgan fingerprint density at radius 2 is 2.36 bits per heavy atom. The van der Waals surface area contributed by atoms with Crippen molar-refractivity contribution < 1.29 is 9.18 Å². The smallest absolute Gasteiger partial charge is 0.238 e. The predicted molar refractivity (Wildman–Crippen MR) is 91.4 cm³/mol. The van der Waals surface area contributed by atoms with E-state index in [0.717, 1.165) is 30.7 Å². The Bertz CT molecular complexity index is 917. The van der Waals surface area contributed by atoms with Crippen molar-refractivity contribution in [2.45, 2.75) is 18.9 Å². The SMILES string of the molecule is Cn1cc(NC(=O)CN2CCC[C@@H]2c2nc3ccc(F)cc3[nH]2)cn1. The third kappa shape index (κ3) is 3.25. The number of anilines is 1. The van der Waals surface area contributed by atoms with Gasteiger partial charge in [0.1, 0.15) is 11.6 Å². The lowest BCUT2D eigenvalue weighted by Gasteiger charge is -2.21. The highest BCUT2D eigenvalue weighted by molar-refractivity contribution is 5.92. The highest BCUT2D eigenvalue weighted by atomic mass is 19.1. The van der Waals surface area contributed by atoms with Gasteiger partial charge in [-0.2, -0.15) is 5.10 Å². The van der Waals surface area contributed by atoms with Crippen LogP contribution in [0.2, 0.25) is 0 Å². The van der Waals surface area contributed by atoms with E-state index in [0.29, 0.717) is 11.2 Å². The Labute approximate surface area is 143 Å². The lowest BCUT2D eigenvalue weighted by Crippen LogP contribution is -2.33. The van der Waals surface area contributed by atoms with E-state index in [2.05, 4.69) is 25.3 Å².